The van der Waals surface area contributed by atoms with Crippen molar-refractivity contribution >= 4 is 23.0 Å². The second kappa shape index (κ2) is 5.60. The lowest BCUT2D eigenvalue weighted by molar-refractivity contribution is -0.120. The molecule has 1 aromatic carbocycles. The molecule has 2 aromatic rings. The zero-order chi connectivity index (χ0) is 14.7. The van der Waals surface area contributed by atoms with Crippen LogP contribution in [0.1, 0.15) is 6.92 Å². The number of hydrogen-bond acceptors (Lipinski definition) is 3. The molecule has 3 amide bonds. The van der Waals surface area contributed by atoms with Crippen LogP contribution in [-0.4, -0.2) is 28.1 Å². The minimum atomic E-state index is -0.595. The molecule has 0 aliphatic carbocycles. The van der Waals surface area contributed by atoms with Gasteiger partial charge >= 0.3 is 11.7 Å². The first kappa shape index (κ1) is 13.9. The molecule has 0 aliphatic rings. The van der Waals surface area contributed by atoms with Crippen molar-refractivity contribution in [3.8, 4) is 0 Å². The summed E-state index contributed by atoms with van der Waals surface area (Å²) in [5, 5.41) is 4.43. The number of hydrogen-bond donors (Lipinski definition) is 2. The van der Waals surface area contributed by atoms with Crippen LogP contribution in [-0.2, 0) is 17.9 Å². The SMILES string of the molecule is CCn1c(=O)n(CC(=O)NC(=O)NC)c2ccccc21. The van der Waals surface area contributed by atoms with E-state index in [2.05, 4.69) is 10.6 Å². The minimum Gasteiger partial charge on any atom is -0.341 e. The first-order valence-electron chi connectivity index (χ1n) is 6.28. The van der Waals surface area contributed by atoms with E-state index in [1.807, 2.05) is 19.1 Å². The molecular formula is C13H16N4O3. The lowest BCUT2D eigenvalue weighted by atomic mass is 10.3. The van der Waals surface area contributed by atoms with Crippen molar-refractivity contribution in [3.63, 3.8) is 0 Å². The van der Waals surface area contributed by atoms with E-state index in [0.717, 1.165) is 5.52 Å². The summed E-state index contributed by atoms with van der Waals surface area (Å²) in [6, 6.07) is 6.64. The summed E-state index contributed by atoms with van der Waals surface area (Å²) >= 11 is 0. The third kappa shape index (κ3) is 2.42. The van der Waals surface area contributed by atoms with Crippen LogP contribution in [0.3, 0.4) is 0 Å². The Labute approximate surface area is 115 Å². The summed E-state index contributed by atoms with van der Waals surface area (Å²) in [6.45, 7) is 2.19. The van der Waals surface area contributed by atoms with Crippen LogP contribution in [0.25, 0.3) is 11.0 Å². The molecule has 0 unspecified atom stereocenters. The van der Waals surface area contributed by atoms with Gasteiger partial charge in [0.05, 0.1) is 11.0 Å². The Kier molecular flexibility index (Phi) is 3.88. The summed E-state index contributed by atoms with van der Waals surface area (Å²) in [5.74, 6) is -0.537. The van der Waals surface area contributed by atoms with Crippen molar-refractivity contribution < 1.29 is 9.59 Å². The second-order valence-corrected chi connectivity index (χ2v) is 4.23. The number of urea groups is 1. The number of imidazole rings is 1. The van der Waals surface area contributed by atoms with Gasteiger partial charge in [0.15, 0.2) is 0 Å². The maximum absolute atomic E-state index is 12.3. The standard InChI is InChI=1S/C13H16N4O3/c1-3-16-9-6-4-5-7-10(9)17(13(16)20)8-11(18)15-12(19)14-2/h4-7H,3,8H2,1-2H3,(H2,14,15,18,19). The Hall–Kier alpha value is -2.57. The van der Waals surface area contributed by atoms with Gasteiger partial charge in [0.1, 0.15) is 6.54 Å². The fourth-order valence-corrected chi connectivity index (χ4v) is 2.10. The summed E-state index contributed by atoms with van der Waals surface area (Å²) in [4.78, 5) is 35.1. The van der Waals surface area contributed by atoms with E-state index in [1.165, 1.54) is 11.6 Å². The molecule has 0 radical (unpaired) electrons. The van der Waals surface area contributed by atoms with Gasteiger partial charge < -0.3 is 5.32 Å². The first-order chi connectivity index (χ1) is 9.58. The molecule has 0 aliphatic heterocycles. The number of benzene rings is 1. The van der Waals surface area contributed by atoms with Gasteiger partial charge in [-0.05, 0) is 19.1 Å². The van der Waals surface area contributed by atoms with Crippen molar-refractivity contribution in [2.45, 2.75) is 20.0 Å². The molecule has 0 atom stereocenters. The smallest absolute Gasteiger partial charge is 0.329 e. The van der Waals surface area contributed by atoms with E-state index in [4.69, 9.17) is 0 Å². The van der Waals surface area contributed by atoms with Crippen LogP contribution in [0.2, 0.25) is 0 Å². The molecule has 1 heterocycles. The zero-order valence-corrected chi connectivity index (χ0v) is 11.3. The van der Waals surface area contributed by atoms with Crippen molar-refractivity contribution in [2.24, 2.45) is 0 Å². The van der Waals surface area contributed by atoms with Crippen molar-refractivity contribution in [1.29, 1.82) is 0 Å². The van der Waals surface area contributed by atoms with Crippen LogP contribution >= 0.6 is 0 Å². The number of fused-ring (bicyclic) bond motifs is 1. The largest absolute Gasteiger partial charge is 0.341 e. The third-order valence-electron chi connectivity index (χ3n) is 3.02. The average Bonchev–Trinajstić information content (AvgIpc) is 2.71. The van der Waals surface area contributed by atoms with Gasteiger partial charge in [-0.15, -0.1) is 0 Å². The number of para-hydroxylation sites is 2. The van der Waals surface area contributed by atoms with E-state index in [9.17, 15) is 14.4 Å². The van der Waals surface area contributed by atoms with Gasteiger partial charge in [-0.3, -0.25) is 19.2 Å². The van der Waals surface area contributed by atoms with Crippen molar-refractivity contribution in [3.05, 3.63) is 34.7 Å². The summed E-state index contributed by atoms with van der Waals surface area (Å²) in [5.41, 5.74) is 1.18. The molecule has 0 saturated heterocycles. The molecule has 0 bridgehead atoms. The molecule has 1 aromatic heterocycles. The molecule has 2 N–H and O–H groups in total. The second-order valence-electron chi connectivity index (χ2n) is 4.23. The predicted molar refractivity (Wildman–Crippen MR) is 74.5 cm³/mol. The van der Waals surface area contributed by atoms with Crippen LogP contribution in [0.4, 0.5) is 4.79 Å². The van der Waals surface area contributed by atoms with E-state index in [1.54, 1.807) is 16.7 Å². The van der Waals surface area contributed by atoms with Crippen LogP contribution < -0.4 is 16.3 Å². The number of nitrogens with one attached hydrogen (secondary N) is 2. The highest BCUT2D eigenvalue weighted by Gasteiger charge is 2.15. The van der Waals surface area contributed by atoms with Crippen molar-refractivity contribution in [2.75, 3.05) is 7.05 Å². The summed E-state index contributed by atoms with van der Waals surface area (Å²) in [7, 11) is 1.41. The fourth-order valence-electron chi connectivity index (χ4n) is 2.10. The Bertz CT molecular complexity index is 714. The maximum atomic E-state index is 12.3. The molecule has 7 heteroatoms. The van der Waals surface area contributed by atoms with Crippen LogP contribution in [0.5, 0.6) is 0 Å². The van der Waals surface area contributed by atoms with Gasteiger partial charge in [-0.1, -0.05) is 12.1 Å². The van der Waals surface area contributed by atoms with Crippen molar-refractivity contribution in [1.82, 2.24) is 19.8 Å². The Morgan fingerprint density at radius 2 is 1.75 bits per heavy atom. The molecular weight excluding hydrogens is 260 g/mol. The lowest BCUT2D eigenvalue weighted by Crippen LogP contribution is -2.40. The Balaban J connectivity index is 2.40. The number of aryl methyl sites for hydroxylation is 1. The summed E-state index contributed by atoms with van der Waals surface area (Å²) < 4.78 is 2.94. The number of aromatic nitrogens is 2. The predicted octanol–water partition coefficient (Wildman–Crippen LogP) is 0.279. The number of nitrogens with zero attached hydrogens (tertiary/aromatic N) is 2. The highest BCUT2D eigenvalue weighted by Crippen LogP contribution is 2.12. The van der Waals surface area contributed by atoms with Gasteiger partial charge in [0, 0.05) is 13.6 Å². The third-order valence-corrected chi connectivity index (χ3v) is 3.02. The van der Waals surface area contributed by atoms with Gasteiger partial charge in [0.25, 0.3) is 0 Å². The molecule has 0 saturated carbocycles. The monoisotopic (exact) mass is 276 g/mol. The topological polar surface area (TPSA) is 85.1 Å². The van der Waals surface area contributed by atoms with Gasteiger partial charge in [-0.2, -0.15) is 0 Å². The van der Waals surface area contributed by atoms with E-state index in [0.29, 0.717) is 12.1 Å². The summed E-state index contributed by atoms with van der Waals surface area (Å²) in [6.07, 6.45) is 0. The van der Waals surface area contributed by atoms with E-state index < -0.39 is 11.9 Å². The lowest BCUT2D eigenvalue weighted by Gasteiger charge is -2.04. The van der Waals surface area contributed by atoms with Crippen LogP contribution in [0, 0.1) is 0 Å². The van der Waals surface area contributed by atoms with Gasteiger partial charge in [-0.25, -0.2) is 9.59 Å². The minimum absolute atomic E-state index is 0.195. The fraction of sp³-hybridized carbons (Fsp3) is 0.308. The van der Waals surface area contributed by atoms with Crippen LogP contribution in [0.15, 0.2) is 29.1 Å². The number of carbonyl (C=O) groups excluding carboxylic acids is 2. The quantitative estimate of drug-likeness (QED) is 0.844. The Morgan fingerprint density at radius 3 is 2.30 bits per heavy atom. The highest BCUT2D eigenvalue weighted by molar-refractivity contribution is 5.94. The normalized spacial score (nSPS) is 10.5. The number of amides is 3. The highest BCUT2D eigenvalue weighted by atomic mass is 16.2. The van der Waals surface area contributed by atoms with E-state index in [-0.39, 0.29) is 12.2 Å². The molecule has 0 fully saturated rings. The molecule has 0 spiro atoms. The number of carbonyl (C=O) groups is 2. The molecule has 20 heavy (non-hydrogen) atoms. The molecule has 106 valence electrons. The number of imide groups is 1. The molecule has 7 nitrogen and oxygen atoms in total. The zero-order valence-electron chi connectivity index (χ0n) is 11.3. The maximum Gasteiger partial charge on any atom is 0.329 e. The Morgan fingerprint density at radius 1 is 1.15 bits per heavy atom. The molecule has 2 rings (SSSR count). The first-order valence-corrected chi connectivity index (χ1v) is 6.28. The van der Waals surface area contributed by atoms with Gasteiger partial charge in [0.2, 0.25) is 5.91 Å². The number of rotatable bonds is 3. The average molecular weight is 276 g/mol. The van der Waals surface area contributed by atoms with E-state index >= 15 is 0 Å².